The van der Waals surface area contributed by atoms with Crippen molar-refractivity contribution in [3.63, 3.8) is 0 Å². The minimum Gasteiger partial charge on any atom is -0.484 e. The third kappa shape index (κ3) is 6.03. The number of aryl methyl sites for hydroxylation is 1. The quantitative estimate of drug-likeness (QED) is 0.745. The lowest BCUT2D eigenvalue weighted by Crippen LogP contribution is -2.37. The number of anilines is 1. The smallest absolute Gasteiger partial charge is 0.264 e. The first-order chi connectivity index (χ1) is 11.8. The molecule has 0 saturated heterocycles. The number of carbonyl (C=O) groups excluding carboxylic acids is 1. The summed E-state index contributed by atoms with van der Waals surface area (Å²) in [7, 11) is 0. The van der Waals surface area contributed by atoms with Crippen molar-refractivity contribution in [2.75, 3.05) is 11.9 Å². The van der Waals surface area contributed by atoms with Crippen LogP contribution < -0.4 is 15.4 Å². The molecule has 132 valence electrons. The van der Waals surface area contributed by atoms with E-state index in [1.54, 1.807) is 24.3 Å². The number of carbonyl (C=O) groups is 1. The molecule has 0 unspecified atom stereocenters. The van der Waals surface area contributed by atoms with Gasteiger partial charge < -0.3 is 10.1 Å². The van der Waals surface area contributed by atoms with Crippen molar-refractivity contribution < 1.29 is 9.53 Å². The Morgan fingerprint density at radius 3 is 2.48 bits per heavy atom. The lowest BCUT2D eigenvalue weighted by atomic mass is 9.98. The number of hydrogen-bond donors (Lipinski definition) is 2. The molecule has 2 rings (SSSR count). The van der Waals surface area contributed by atoms with Crippen LogP contribution in [0.5, 0.6) is 5.75 Å². The van der Waals surface area contributed by atoms with E-state index in [0.29, 0.717) is 16.7 Å². The number of nitrogens with one attached hydrogen (secondary N) is 2. The van der Waals surface area contributed by atoms with Crippen molar-refractivity contribution in [3.8, 4) is 5.75 Å². The summed E-state index contributed by atoms with van der Waals surface area (Å²) >= 11 is 10.9. The molecule has 0 aromatic heterocycles. The zero-order valence-corrected chi connectivity index (χ0v) is 16.0. The van der Waals surface area contributed by atoms with Crippen LogP contribution >= 0.6 is 23.8 Å². The zero-order valence-electron chi connectivity index (χ0n) is 14.4. The van der Waals surface area contributed by atoms with E-state index >= 15 is 0 Å². The predicted octanol–water partition coefficient (Wildman–Crippen LogP) is 4.66. The molecule has 0 bridgehead atoms. The van der Waals surface area contributed by atoms with Gasteiger partial charge in [-0.1, -0.05) is 31.5 Å². The molecule has 2 N–H and O–H groups in total. The average Bonchev–Trinajstić information content (AvgIpc) is 2.54. The molecule has 0 heterocycles. The van der Waals surface area contributed by atoms with Gasteiger partial charge in [-0.15, -0.1) is 0 Å². The largest absolute Gasteiger partial charge is 0.484 e. The molecule has 6 heteroatoms. The third-order valence-electron chi connectivity index (χ3n) is 3.59. The summed E-state index contributed by atoms with van der Waals surface area (Å²) < 4.78 is 5.53. The number of rotatable bonds is 5. The first kappa shape index (κ1) is 19.2. The summed E-state index contributed by atoms with van der Waals surface area (Å²) in [5, 5.41) is 6.34. The second-order valence-electron chi connectivity index (χ2n) is 5.97. The fraction of sp³-hybridized carbons (Fsp3) is 0.263. The molecular formula is C19H21ClN2O2S. The normalized spacial score (nSPS) is 10.4. The van der Waals surface area contributed by atoms with Crippen LogP contribution in [0.3, 0.4) is 0 Å². The molecule has 25 heavy (non-hydrogen) atoms. The van der Waals surface area contributed by atoms with Crippen molar-refractivity contribution in [1.82, 2.24) is 5.32 Å². The van der Waals surface area contributed by atoms with Gasteiger partial charge in [-0.3, -0.25) is 10.1 Å². The standard InChI is InChI=1S/C19H21ClN2O2S/c1-12(2)17-9-8-16(10-13(17)3)24-11-18(23)22-19(25)21-15-6-4-14(20)5-7-15/h4-10,12H,11H2,1-3H3,(H2,21,22,23,25). The van der Waals surface area contributed by atoms with E-state index in [1.165, 1.54) is 5.56 Å². The van der Waals surface area contributed by atoms with Crippen molar-refractivity contribution in [1.29, 1.82) is 0 Å². The molecule has 0 spiro atoms. The van der Waals surface area contributed by atoms with E-state index in [0.717, 1.165) is 11.3 Å². The molecule has 0 atom stereocenters. The summed E-state index contributed by atoms with van der Waals surface area (Å²) in [6, 6.07) is 12.9. The Bertz CT molecular complexity index is 761. The summed E-state index contributed by atoms with van der Waals surface area (Å²) in [5.41, 5.74) is 3.16. The van der Waals surface area contributed by atoms with Gasteiger partial charge in [0.25, 0.3) is 5.91 Å². The number of thiocarbonyl (C=S) groups is 1. The van der Waals surface area contributed by atoms with Gasteiger partial charge in [0, 0.05) is 10.7 Å². The van der Waals surface area contributed by atoms with Crippen molar-refractivity contribution >= 4 is 40.5 Å². The Balaban J connectivity index is 1.83. The van der Waals surface area contributed by atoms with Gasteiger partial charge in [0.15, 0.2) is 11.7 Å². The topological polar surface area (TPSA) is 50.4 Å². The highest BCUT2D eigenvalue weighted by atomic mass is 35.5. The van der Waals surface area contributed by atoms with Crippen LogP contribution in [0, 0.1) is 6.92 Å². The minimum atomic E-state index is -0.322. The maximum absolute atomic E-state index is 11.9. The van der Waals surface area contributed by atoms with Crippen LogP contribution in [-0.2, 0) is 4.79 Å². The van der Waals surface area contributed by atoms with Crippen LogP contribution in [0.25, 0.3) is 0 Å². The summed E-state index contributed by atoms with van der Waals surface area (Å²) in [4.78, 5) is 11.9. The maximum Gasteiger partial charge on any atom is 0.264 e. The van der Waals surface area contributed by atoms with Gasteiger partial charge >= 0.3 is 0 Å². The Kier molecular flexibility index (Phi) is 6.79. The first-order valence-electron chi connectivity index (χ1n) is 7.95. The van der Waals surface area contributed by atoms with Gasteiger partial charge in [-0.2, -0.15) is 0 Å². The molecule has 0 aliphatic carbocycles. The van der Waals surface area contributed by atoms with Crippen molar-refractivity contribution in [2.45, 2.75) is 26.7 Å². The third-order valence-corrected chi connectivity index (χ3v) is 4.04. The SMILES string of the molecule is Cc1cc(OCC(=O)NC(=S)Nc2ccc(Cl)cc2)ccc1C(C)C. The summed E-state index contributed by atoms with van der Waals surface area (Å²) in [6.45, 7) is 6.21. The molecule has 4 nitrogen and oxygen atoms in total. The monoisotopic (exact) mass is 376 g/mol. The fourth-order valence-corrected chi connectivity index (χ4v) is 2.75. The zero-order chi connectivity index (χ0) is 18.4. The van der Waals surface area contributed by atoms with Gasteiger partial charge in [-0.05, 0) is 72.6 Å². The van der Waals surface area contributed by atoms with Gasteiger partial charge in [0.2, 0.25) is 0 Å². The van der Waals surface area contributed by atoms with Gasteiger partial charge in [0.05, 0.1) is 0 Å². The summed E-state index contributed by atoms with van der Waals surface area (Å²) in [5.74, 6) is 0.791. The van der Waals surface area contributed by atoms with Crippen LogP contribution in [0.1, 0.15) is 30.9 Å². The van der Waals surface area contributed by atoms with E-state index in [1.807, 2.05) is 25.1 Å². The molecule has 0 radical (unpaired) electrons. The minimum absolute atomic E-state index is 0.108. The van der Waals surface area contributed by atoms with Crippen molar-refractivity contribution in [3.05, 3.63) is 58.6 Å². The van der Waals surface area contributed by atoms with Crippen LogP contribution in [0.2, 0.25) is 5.02 Å². The molecule has 0 aliphatic rings. The number of benzene rings is 2. The molecular weight excluding hydrogens is 356 g/mol. The Morgan fingerprint density at radius 2 is 1.88 bits per heavy atom. The first-order valence-corrected chi connectivity index (χ1v) is 8.73. The fourth-order valence-electron chi connectivity index (χ4n) is 2.39. The molecule has 0 saturated carbocycles. The van der Waals surface area contributed by atoms with Crippen molar-refractivity contribution in [2.24, 2.45) is 0 Å². The van der Waals surface area contributed by atoms with E-state index in [4.69, 9.17) is 28.6 Å². The van der Waals surface area contributed by atoms with Gasteiger partial charge in [-0.25, -0.2) is 0 Å². The molecule has 0 aliphatic heterocycles. The highest BCUT2D eigenvalue weighted by Crippen LogP contribution is 2.23. The molecule has 1 amide bonds. The number of amides is 1. The summed E-state index contributed by atoms with van der Waals surface area (Å²) in [6.07, 6.45) is 0. The predicted molar refractivity (Wildman–Crippen MR) is 107 cm³/mol. The Morgan fingerprint density at radius 1 is 1.20 bits per heavy atom. The van der Waals surface area contributed by atoms with E-state index in [9.17, 15) is 4.79 Å². The van der Waals surface area contributed by atoms with E-state index < -0.39 is 0 Å². The van der Waals surface area contributed by atoms with E-state index in [2.05, 4.69) is 24.5 Å². The molecule has 2 aromatic carbocycles. The van der Waals surface area contributed by atoms with Crippen LogP contribution in [0.4, 0.5) is 5.69 Å². The van der Waals surface area contributed by atoms with Crippen LogP contribution in [0.15, 0.2) is 42.5 Å². The Labute approximate surface area is 158 Å². The number of ether oxygens (including phenoxy) is 1. The molecule has 0 fully saturated rings. The lowest BCUT2D eigenvalue weighted by Gasteiger charge is -2.13. The average molecular weight is 377 g/mol. The van der Waals surface area contributed by atoms with Crippen LogP contribution in [-0.4, -0.2) is 17.6 Å². The van der Waals surface area contributed by atoms with Gasteiger partial charge in [0.1, 0.15) is 5.75 Å². The second kappa shape index (κ2) is 8.83. The highest BCUT2D eigenvalue weighted by molar-refractivity contribution is 7.80. The van der Waals surface area contributed by atoms with E-state index in [-0.39, 0.29) is 17.6 Å². The number of halogens is 1. The second-order valence-corrected chi connectivity index (χ2v) is 6.82. The molecule has 2 aromatic rings. The lowest BCUT2D eigenvalue weighted by molar-refractivity contribution is -0.121. The maximum atomic E-state index is 11.9. The highest BCUT2D eigenvalue weighted by Gasteiger charge is 2.08. The Hall–Kier alpha value is -2.11. The number of hydrogen-bond acceptors (Lipinski definition) is 3.